The van der Waals surface area contributed by atoms with Crippen molar-refractivity contribution in [2.45, 2.75) is 32.9 Å². The highest BCUT2D eigenvalue weighted by Crippen LogP contribution is 2.26. The Labute approximate surface area is 141 Å². The van der Waals surface area contributed by atoms with E-state index < -0.39 is 12.3 Å². The molecule has 2 rings (SSSR count). The van der Waals surface area contributed by atoms with Gasteiger partial charge >= 0.3 is 6.03 Å². The highest BCUT2D eigenvalue weighted by Gasteiger charge is 2.13. The van der Waals surface area contributed by atoms with Crippen LogP contribution in [0.2, 0.25) is 5.02 Å². The van der Waals surface area contributed by atoms with Gasteiger partial charge in [-0.05, 0) is 36.6 Å². The fourth-order valence-corrected chi connectivity index (χ4v) is 2.25. The van der Waals surface area contributed by atoms with Gasteiger partial charge < -0.3 is 10.1 Å². The summed E-state index contributed by atoms with van der Waals surface area (Å²) < 4.78 is 5.82. The van der Waals surface area contributed by atoms with Gasteiger partial charge in [0.1, 0.15) is 11.6 Å². The van der Waals surface area contributed by atoms with Crippen LogP contribution in [0.25, 0.3) is 0 Å². The van der Waals surface area contributed by atoms with E-state index in [-0.39, 0.29) is 0 Å². The largest absolute Gasteiger partial charge is 0.471 e. The number of nitrogens with one attached hydrogen (secondary N) is 2. The first-order valence-corrected chi connectivity index (χ1v) is 7.78. The molecule has 0 aliphatic rings. The molecule has 1 aromatic heterocycles. The SMILES string of the molecule is CC(NC(=O)Nc1cc(Cl)ccn1)Oc1ccccc1C(C)C. The van der Waals surface area contributed by atoms with Crippen LogP contribution in [0.5, 0.6) is 5.75 Å². The lowest BCUT2D eigenvalue weighted by atomic mass is 10.0. The zero-order valence-electron chi connectivity index (χ0n) is 13.3. The van der Waals surface area contributed by atoms with Gasteiger partial charge in [-0.3, -0.25) is 5.32 Å². The first-order valence-electron chi connectivity index (χ1n) is 7.40. The molecule has 0 bridgehead atoms. The van der Waals surface area contributed by atoms with Crippen molar-refractivity contribution in [1.82, 2.24) is 10.3 Å². The van der Waals surface area contributed by atoms with Crippen molar-refractivity contribution < 1.29 is 9.53 Å². The summed E-state index contributed by atoms with van der Waals surface area (Å²) in [5, 5.41) is 5.82. The molecule has 5 nitrogen and oxygen atoms in total. The Morgan fingerprint density at radius 2 is 1.96 bits per heavy atom. The van der Waals surface area contributed by atoms with Crippen molar-refractivity contribution in [1.29, 1.82) is 0 Å². The van der Waals surface area contributed by atoms with Gasteiger partial charge in [0.2, 0.25) is 0 Å². The Morgan fingerprint density at radius 1 is 1.22 bits per heavy atom. The lowest BCUT2D eigenvalue weighted by Gasteiger charge is -2.20. The Hall–Kier alpha value is -2.27. The van der Waals surface area contributed by atoms with Crippen LogP contribution in [0.3, 0.4) is 0 Å². The number of hydrogen-bond donors (Lipinski definition) is 2. The normalized spacial score (nSPS) is 11.9. The molecule has 2 amide bonds. The minimum Gasteiger partial charge on any atom is -0.471 e. The standard InChI is InChI=1S/C17H20ClN3O2/c1-11(2)14-6-4-5-7-15(14)23-12(3)20-17(22)21-16-10-13(18)8-9-19-16/h4-12H,1-3H3,(H2,19,20,21,22). The van der Waals surface area contributed by atoms with Crippen molar-refractivity contribution in [3.63, 3.8) is 0 Å². The molecule has 0 radical (unpaired) electrons. The van der Waals surface area contributed by atoms with E-state index in [4.69, 9.17) is 16.3 Å². The fourth-order valence-electron chi connectivity index (χ4n) is 2.09. The summed E-state index contributed by atoms with van der Waals surface area (Å²) >= 11 is 5.85. The number of nitrogens with zero attached hydrogens (tertiary/aromatic N) is 1. The minimum absolute atomic E-state index is 0.336. The first kappa shape index (κ1) is 17.1. The van der Waals surface area contributed by atoms with Crippen LogP contribution in [0.1, 0.15) is 32.3 Å². The second-order valence-electron chi connectivity index (χ2n) is 5.41. The second kappa shape index (κ2) is 7.83. The molecule has 2 aromatic rings. The number of urea groups is 1. The smallest absolute Gasteiger partial charge is 0.323 e. The molecule has 0 aliphatic heterocycles. The fraction of sp³-hybridized carbons (Fsp3) is 0.294. The van der Waals surface area contributed by atoms with Gasteiger partial charge in [0, 0.05) is 11.2 Å². The quantitative estimate of drug-likeness (QED) is 0.797. The molecule has 0 spiro atoms. The number of hydrogen-bond acceptors (Lipinski definition) is 3. The summed E-state index contributed by atoms with van der Waals surface area (Å²) in [4.78, 5) is 16.0. The number of benzene rings is 1. The molecule has 1 atom stereocenters. The first-order chi connectivity index (χ1) is 11.0. The van der Waals surface area contributed by atoms with E-state index in [2.05, 4.69) is 29.5 Å². The highest BCUT2D eigenvalue weighted by atomic mass is 35.5. The summed E-state index contributed by atoms with van der Waals surface area (Å²) in [6.45, 7) is 5.96. The Morgan fingerprint density at radius 3 is 2.65 bits per heavy atom. The van der Waals surface area contributed by atoms with Crippen LogP contribution in [0, 0.1) is 0 Å². The second-order valence-corrected chi connectivity index (χ2v) is 5.85. The van der Waals surface area contributed by atoms with Crippen molar-refractivity contribution in [3.8, 4) is 5.75 Å². The number of halogens is 1. The molecule has 23 heavy (non-hydrogen) atoms. The third-order valence-corrected chi connectivity index (χ3v) is 3.38. The van der Waals surface area contributed by atoms with E-state index in [0.717, 1.165) is 11.3 Å². The number of para-hydroxylation sites is 1. The van der Waals surface area contributed by atoms with Crippen LogP contribution in [-0.2, 0) is 0 Å². The van der Waals surface area contributed by atoms with Crippen LogP contribution in [-0.4, -0.2) is 17.2 Å². The maximum Gasteiger partial charge on any atom is 0.323 e. The molecule has 0 saturated heterocycles. The number of rotatable bonds is 5. The molecule has 1 aromatic carbocycles. The van der Waals surface area contributed by atoms with Gasteiger partial charge in [0.25, 0.3) is 0 Å². The number of anilines is 1. The maximum atomic E-state index is 12.0. The molecule has 2 N–H and O–H groups in total. The molecule has 1 unspecified atom stereocenters. The van der Waals surface area contributed by atoms with Crippen LogP contribution < -0.4 is 15.4 Å². The molecule has 122 valence electrons. The molecule has 0 fully saturated rings. The predicted octanol–water partition coefficient (Wildman–Crippen LogP) is 4.40. The van der Waals surface area contributed by atoms with Crippen molar-refractivity contribution in [2.24, 2.45) is 0 Å². The third-order valence-electron chi connectivity index (χ3n) is 3.14. The monoisotopic (exact) mass is 333 g/mol. The average Bonchev–Trinajstić information content (AvgIpc) is 2.47. The van der Waals surface area contributed by atoms with E-state index in [1.54, 1.807) is 19.1 Å². The summed E-state index contributed by atoms with van der Waals surface area (Å²) in [5.74, 6) is 1.48. The average molecular weight is 334 g/mol. The predicted molar refractivity (Wildman–Crippen MR) is 92.0 cm³/mol. The molecular weight excluding hydrogens is 314 g/mol. The minimum atomic E-state index is -0.492. The molecule has 6 heteroatoms. The number of carbonyl (C=O) groups is 1. The number of amides is 2. The highest BCUT2D eigenvalue weighted by molar-refractivity contribution is 6.30. The lowest BCUT2D eigenvalue weighted by molar-refractivity contribution is 0.181. The summed E-state index contributed by atoms with van der Waals surface area (Å²) in [6, 6.07) is 10.6. The molecular formula is C17H20ClN3O2. The number of pyridine rings is 1. The molecule has 1 heterocycles. The Bertz CT molecular complexity index is 676. The van der Waals surface area contributed by atoms with Gasteiger partial charge in [0.15, 0.2) is 6.23 Å². The van der Waals surface area contributed by atoms with Crippen LogP contribution in [0.15, 0.2) is 42.6 Å². The number of ether oxygens (including phenoxy) is 1. The maximum absolute atomic E-state index is 12.0. The van der Waals surface area contributed by atoms with Gasteiger partial charge in [0.05, 0.1) is 0 Å². The van der Waals surface area contributed by atoms with Crippen LogP contribution >= 0.6 is 11.6 Å². The molecule has 0 aliphatic carbocycles. The van der Waals surface area contributed by atoms with Crippen molar-refractivity contribution in [3.05, 3.63) is 53.2 Å². The summed E-state index contributed by atoms with van der Waals surface area (Å²) in [7, 11) is 0. The summed E-state index contributed by atoms with van der Waals surface area (Å²) in [5.41, 5.74) is 1.10. The summed E-state index contributed by atoms with van der Waals surface area (Å²) in [6.07, 6.45) is 1.03. The number of aromatic nitrogens is 1. The van der Waals surface area contributed by atoms with Crippen molar-refractivity contribution >= 4 is 23.4 Å². The molecule has 0 saturated carbocycles. The van der Waals surface area contributed by atoms with E-state index in [1.807, 2.05) is 24.3 Å². The Balaban J connectivity index is 1.94. The zero-order valence-corrected chi connectivity index (χ0v) is 14.1. The zero-order chi connectivity index (χ0) is 16.8. The topological polar surface area (TPSA) is 63.2 Å². The van der Waals surface area contributed by atoms with Gasteiger partial charge in [-0.1, -0.05) is 43.6 Å². The van der Waals surface area contributed by atoms with Gasteiger partial charge in [-0.15, -0.1) is 0 Å². The van der Waals surface area contributed by atoms with E-state index in [0.29, 0.717) is 16.8 Å². The number of carbonyl (C=O) groups excluding carboxylic acids is 1. The third kappa shape index (κ3) is 5.14. The lowest BCUT2D eigenvalue weighted by Crippen LogP contribution is -2.39. The van der Waals surface area contributed by atoms with E-state index in [1.165, 1.54) is 6.20 Å². The van der Waals surface area contributed by atoms with E-state index >= 15 is 0 Å². The van der Waals surface area contributed by atoms with E-state index in [9.17, 15) is 4.79 Å². The van der Waals surface area contributed by atoms with Gasteiger partial charge in [-0.2, -0.15) is 0 Å². The van der Waals surface area contributed by atoms with Gasteiger partial charge in [-0.25, -0.2) is 9.78 Å². The Kier molecular flexibility index (Phi) is 5.82. The van der Waals surface area contributed by atoms with Crippen LogP contribution in [0.4, 0.5) is 10.6 Å². The van der Waals surface area contributed by atoms with Crippen molar-refractivity contribution in [2.75, 3.05) is 5.32 Å².